The van der Waals surface area contributed by atoms with E-state index in [-0.39, 0.29) is 0 Å². The summed E-state index contributed by atoms with van der Waals surface area (Å²) in [5, 5.41) is 0. The largest absolute Gasteiger partial charge is 0.0683 e. The van der Waals surface area contributed by atoms with Crippen LogP contribution in [0.15, 0.2) is 0 Å². The topological polar surface area (TPSA) is 0 Å². The van der Waals surface area contributed by atoms with Crippen molar-refractivity contribution >= 4 is 0 Å². The summed E-state index contributed by atoms with van der Waals surface area (Å²) in [5.74, 6) is 0.833. The Hall–Kier alpha value is 0. The first-order valence-corrected chi connectivity index (χ1v) is 6.00. The van der Waals surface area contributed by atoms with E-state index in [1.807, 2.05) is 13.8 Å². The van der Waals surface area contributed by atoms with Gasteiger partial charge in [0.05, 0.1) is 0 Å². The van der Waals surface area contributed by atoms with Crippen molar-refractivity contribution in [3.63, 3.8) is 0 Å². The van der Waals surface area contributed by atoms with Gasteiger partial charge in [-0.2, -0.15) is 0 Å². The van der Waals surface area contributed by atoms with Gasteiger partial charge in [-0.3, -0.25) is 0 Å². The number of hydrogen-bond acceptors (Lipinski definition) is 0. The Bertz CT molecular complexity index is 85.5. The summed E-state index contributed by atoms with van der Waals surface area (Å²) in [6.07, 6.45) is 5.80. The Morgan fingerprint density at radius 3 is 1.46 bits per heavy atom. The molecular formula is C13H30. The molecule has 0 heteroatoms. The second-order valence-electron chi connectivity index (χ2n) is 4.79. The molecule has 0 radical (unpaired) electrons. The molecule has 0 aromatic heterocycles. The van der Waals surface area contributed by atoms with Gasteiger partial charge in [-0.25, -0.2) is 0 Å². The van der Waals surface area contributed by atoms with E-state index in [4.69, 9.17) is 0 Å². The van der Waals surface area contributed by atoms with Gasteiger partial charge >= 0.3 is 0 Å². The molecule has 13 heavy (non-hydrogen) atoms. The predicted octanol–water partition coefficient (Wildman–Crippen LogP) is 5.28. The lowest BCUT2D eigenvalue weighted by Crippen LogP contribution is -1.88. The molecular weight excluding hydrogens is 156 g/mol. The molecule has 0 nitrogen and oxygen atoms in total. The molecule has 0 saturated heterocycles. The Balaban J connectivity index is 0. The SMILES string of the molecule is CC.CC(C)C.CCCC1(C)CC1. The van der Waals surface area contributed by atoms with Crippen molar-refractivity contribution in [1.82, 2.24) is 0 Å². The van der Waals surface area contributed by atoms with Gasteiger partial charge in [-0.05, 0) is 30.6 Å². The summed E-state index contributed by atoms with van der Waals surface area (Å²) in [6.45, 7) is 15.2. The average Bonchev–Trinajstić information content (AvgIpc) is 2.72. The van der Waals surface area contributed by atoms with Crippen LogP contribution in [0.2, 0.25) is 0 Å². The second-order valence-corrected chi connectivity index (χ2v) is 4.79. The molecule has 1 saturated carbocycles. The van der Waals surface area contributed by atoms with Gasteiger partial charge in [0.2, 0.25) is 0 Å². The molecule has 0 bridgehead atoms. The zero-order valence-electron chi connectivity index (χ0n) is 10.9. The summed E-state index contributed by atoms with van der Waals surface area (Å²) in [4.78, 5) is 0. The van der Waals surface area contributed by atoms with Crippen molar-refractivity contribution in [2.24, 2.45) is 11.3 Å². The maximum atomic E-state index is 2.39. The van der Waals surface area contributed by atoms with Crippen molar-refractivity contribution in [2.75, 3.05) is 0 Å². The van der Waals surface area contributed by atoms with E-state index in [0.29, 0.717) is 0 Å². The Kier molecular flexibility index (Phi) is 10.2. The summed E-state index contributed by atoms with van der Waals surface area (Å²) < 4.78 is 0. The Labute approximate surface area is 86.1 Å². The molecule has 0 aromatic carbocycles. The maximum absolute atomic E-state index is 2.39. The molecule has 82 valence electrons. The predicted molar refractivity (Wildman–Crippen MR) is 64.1 cm³/mol. The number of hydrogen-bond donors (Lipinski definition) is 0. The van der Waals surface area contributed by atoms with Gasteiger partial charge in [-0.1, -0.05) is 54.9 Å². The molecule has 0 aliphatic heterocycles. The molecule has 1 fully saturated rings. The monoisotopic (exact) mass is 186 g/mol. The van der Waals surface area contributed by atoms with Crippen LogP contribution in [-0.2, 0) is 0 Å². The van der Waals surface area contributed by atoms with E-state index in [1.54, 1.807) is 0 Å². The first-order valence-electron chi connectivity index (χ1n) is 6.00. The van der Waals surface area contributed by atoms with E-state index in [0.717, 1.165) is 11.3 Å². The second kappa shape index (κ2) is 8.59. The van der Waals surface area contributed by atoms with Crippen LogP contribution in [0.1, 0.15) is 74.1 Å². The van der Waals surface area contributed by atoms with Crippen molar-refractivity contribution in [2.45, 2.75) is 74.1 Å². The third kappa shape index (κ3) is 14.8. The fourth-order valence-corrected chi connectivity index (χ4v) is 1.07. The minimum absolute atomic E-state index is 0.800. The average molecular weight is 186 g/mol. The third-order valence-corrected chi connectivity index (χ3v) is 1.96. The van der Waals surface area contributed by atoms with E-state index < -0.39 is 0 Å². The summed E-state index contributed by atoms with van der Waals surface area (Å²) >= 11 is 0. The molecule has 0 amide bonds. The summed E-state index contributed by atoms with van der Waals surface area (Å²) in [7, 11) is 0. The van der Waals surface area contributed by atoms with Crippen molar-refractivity contribution < 1.29 is 0 Å². The summed E-state index contributed by atoms with van der Waals surface area (Å²) in [5.41, 5.74) is 0.800. The zero-order valence-corrected chi connectivity index (χ0v) is 10.9. The fraction of sp³-hybridized carbons (Fsp3) is 1.00. The highest BCUT2D eigenvalue weighted by atomic mass is 14.4. The minimum Gasteiger partial charge on any atom is -0.0683 e. The van der Waals surface area contributed by atoms with Crippen molar-refractivity contribution in [3.05, 3.63) is 0 Å². The molecule has 0 atom stereocenters. The van der Waals surface area contributed by atoms with Crippen molar-refractivity contribution in [3.8, 4) is 0 Å². The quantitative estimate of drug-likeness (QED) is 0.551. The van der Waals surface area contributed by atoms with E-state index in [9.17, 15) is 0 Å². The molecule has 0 aromatic rings. The first-order chi connectivity index (χ1) is 6.00. The summed E-state index contributed by atoms with van der Waals surface area (Å²) in [6, 6.07) is 0. The lowest BCUT2D eigenvalue weighted by molar-refractivity contribution is 0.510. The third-order valence-electron chi connectivity index (χ3n) is 1.96. The first kappa shape index (κ1) is 15.5. The Morgan fingerprint density at radius 1 is 1.08 bits per heavy atom. The normalized spacial score (nSPS) is 16.6. The highest BCUT2D eigenvalue weighted by Gasteiger charge is 2.35. The minimum atomic E-state index is 0.800. The molecule has 1 aliphatic carbocycles. The van der Waals surface area contributed by atoms with Gasteiger partial charge < -0.3 is 0 Å². The van der Waals surface area contributed by atoms with E-state index in [2.05, 4.69) is 34.6 Å². The van der Waals surface area contributed by atoms with Gasteiger partial charge in [0.15, 0.2) is 0 Å². The highest BCUT2D eigenvalue weighted by molar-refractivity contribution is 4.87. The van der Waals surface area contributed by atoms with Crippen LogP contribution in [0.3, 0.4) is 0 Å². The molecule has 0 spiro atoms. The Morgan fingerprint density at radius 2 is 1.38 bits per heavy atom. The number of rotatable bonds is 2. The lowest BCUT2D eigenvalue weighted by Gasteiger charge is -2.01. The van der Waals surface area contributed by atoms with Crippen LogP contribution in [0.25, 0.3) is 0 Å². The maximum Gasteiger partial charge on any atom is -0.0326 e. The van der Waals surface area contributed by atoms with Gasteiger partial charge in [0.25, 0.3) is 0 Å². The van der Waals surface area contributed by atoms with Crippen LogP contribution in [0.4, 0.5) is 0 Å². The van der Waals surface area contributed by atoms with Gasteiger partial charge in [-0.15, -0.1) is 0 Å². The van der Waals surface area contributed by atoms with Gasteiger partial charge in [0.1, 0.15) is 0 Å². The molecule has 0 N–H and O–H groups in total. The smallest absolute Gasteiger partial charge is 0.0326 e. The van der Waals surface area contributed by atoms with Crippen LogP contribution in [-0.4, -0.2) is 0 Å². The van der Waals surface area contributed by atoms with Crippen LogP contribution in [0, 0.1) is 11.3 Å². The highest BCUT2D eigenvalue weighted by Crippen LogP contribution is 2.48. The fourth-order valence-electron chi connectivity index (χ4n) is 1.07. The van der Waals surface area contributed by atoms with E-state index in [1.165, 1.54) is 25.7 Å². The molecule has 0 unspecified atom stereocenters. The molecule has 1 aliphatic rings. The standard InChI is InChI=1S/C7H14.C4H10.C2H6/c1-3-4-7(2)5-6-7;1-4(2)3;1-2/h3-6H2,1-2H3;4H,1-3H3;1-2H3. The molecule has 1 rings (SSSR count). The van der Waals surface area contributed by atoms with Crippen LogP contribution >= 0.6 is 0 Å². The van der Waals surface area contributed by atoms with Crippen LogP contribution in [0.5, 0.6) is 0 Å². The van der Waals surface area contributed by atoms with Gasteiger partial charge in [0, 0.05) is 0 Å². The van der Waals surface area contributed by atoms with Crippen LogP contribution < -0.4 is 0 Å². The molecule has 0 heterocycles. The van der Waals surface area contributed by atoms with E-state index >= 15 is 0 Å². The van der Waals surface area contributed by atoms with Crippen molar-refractivity contribution in [1.29, 1.82) is 0 Å². The zero-order chi connectivity index (χ0) is 10.9. The lowest BCUT2D eigenvalue weighted by atomic mass is 10.0.